The molecule has 0 aliphatic carbocycles. The number of thioether (sulfide) groups is 1. The second-order valence-corrected chi connectivity index (χ2v) is 10.0. The molecule has 37 heavy (non-hydrogen) atoms. The Balaban J connectivity index is 2.06. The number of carbonyl (C=O) groups excluding carboxylic acids is 1. The standard InChI is InChI=1S/C30H36N2O4S/c1-4-5-6-11-22-17-27(29(33)32-28(30(34)35)14-16-37-3)26(25-13-8-7-10-21(25)2)18-23(22)20-36-24-12-9-15-31-19-24/h7-10,12-13,15,17-19,28H,4-6,11,14,16,20H2,1-3H3,(H,32,33)(H,34,35)/t28-/m0/s1. The number of benzene rings is 2. The van der Waals surface area contributed by atoms with Gasteiger partial charge in [0, 0.05) is 11.8 Å². The smallest absolute Gasteiger partial charge is 0.326 e. The Hall–Kier alpha value is -3.32. The fourth-order valence-corrected chi connectivity index (χ4v) is 4.70. The molecule has 1 heterocycles. The number of nitrogens with zero attached hydrogens (tertiary/aromatic N) is 1. The molecule has 0 radical (unpaired) electrons. The highest BCUT2D eigenvalue weighted by Crippen LogP contribution is 2.31. The summed E-state index contributed by atoms with van der Waals surface area (Å²) in [5.74, 6) is -0.0681. The number of aliphatic carboxylic acids is 1. The van der Waals surface area contributed by atoms with Gasteiger partial charge in [-0.3, -0.25) is 9.78 Å². The number of aryl methyl sites for hydroxylation is 2. The summed E-state index contributed by atoms with van der Waals surface area (Å²) in [7, 11) is 0. The molecule has 0 unspecified atom stereocenters. The summed E-state index contributed by atoms with van der Waals surface area (Å²) in [5.41, 5.74) is 5.27. The van der Waals surface area contributed by atoms with Gasteiger partial charge < -0.3 is 15.2 Å². The molecule has 2 aromatic carbocycles. The van der Waals surface area contributed by atoms with Crippen LogP contribution in [-0.2, 0) is 17.8 Å². The zero-order chi connectivity index (χ0) is 26.6. The van der Waals surface area contributed by atoms with E-state index in [1.165, 1.54) is 0 Å². The first-order chi connectivity index (χ1) is 17.9. The summed E-state index contributed by atoms with van der Waals surface area (Å²) in [6.07, 6.45) is 9.65. The topological polar surface area (TPSA) is 88.5 Å². The molecular weight excluding hydrogens is 484 g/mol. The van der Waals surface area contributed by atoms with E-state index in [9.17, 15) is 14.7 Å². The van der Waals surface area contributed by atoms with Gasteiger partial charge in [-0.15, -0.1) is 0 Å². The molecule has 0 saturated heterocycles. The minimum absolute atomic E-state index is 0.347. The number of amides is 1. The van der Waals surface area contributed by atoms with Crippen LogP contribution in [0.3, 0.4) is 0 Å². The Bertz CT molecular complexity index is 1180. The number of unbranched alkanes of at least 4 members (excludes halogenated alkanes) is 2. The monoisotopic (exact) mass is 520 g/mol. The van der Waals surface area contributed by atoms with Gasteiger partial charge in [-0.25, -0.2) is 4.79 Å². The minimum atomic E-state index is -1.02. The molecule has 0 aliphatic heterocycles. The van der Waals surface area contributed by atoms with Gasteiger partial charge in [-0.2, -0.15) is 11.8 Å². The van der Waals surface area contributed by atoms with E-state index < -0.39 is 12.0 Å². The van der Waals surface area contributed by atoms with E-state index in [-0.39, 0.29) is 5.91 Å². The van der Waals surface area contributed by atoms with Crippen LogP contribution in [0.15, 0.2) is 60.9 Å². The van der Waals surface area contributed by atoms with Crippen molar-refractivity contribution in [1.82, 2.24) is 10.3 Å². The summed E-state index contributed by atoms with van der Waals surface area (Å²) in [4.78, 5) is 29.6. The van der Waals surface area contributed by atoms with Crippen LogP contribution < -0.4 is 10.1 Å². The van der Waals surface area contributed by atoms with Gasteiger partial charge in [0.2, 0.25) is 0 Å². The van der Waals surface area contributed by atoms with E-state index in [0.717, 1.165) is 53.5 Å². The zero-order valence-corrected chi connectivity index (χ0v) is 22.6. The minimum Gasteiger partial charge on any atom is -0.487 e. The zero-order valence-electron chi connectivity index (χ0n) is 21.8. The molecule has 196 valence electrons. The molecule has 0 saturated carbocycles. The molecule has 1 atom stereocenters. The average Bonchev–Trinajstić information content (AvgIpc) is 2.90. The van der Waals surface area contributed by atoms with Crippen LogP contribution in [-0.4, -0.2) is 40.0 Å². The first-order valence-electron chi connectivity index (χ1n) is 12.7. The van der Waals surface area contributed by atoms with Crippen LogP contribution in [0.5, 0.6) is 5.75 Å². The van der Waals surface area contributed by atoms with E-state index in [4.69, 9.17) is 4.74 Å². The van der Waals surface area contributed by atoms with Crippen molar-refractivity contribution >= 4 is 23.6 Å². The number of hydrogen-bond acceptors (Lipinski definition) is 5. The Morgan fingerprint density at radius 3 is 2.57 bits per heavy atom. The summed E-state index contributed by atoms with van der Waals surface area (Å²) in [6.45, 7) is 4.52. The second-order valence-electron chi connectivity index (χ2n) is 9.06. The number of carboxylic acids is 1. The van der Waals surface area contributed by atoms with E-state index in [1.807, 2.05) is 61.7 Å². The fraction of sp³-hybridized carbons (Fsp3) is 0.367. The lowest BCUT2D eigenvalue weighted by atomic mass is 9.89. The lowest BCUT2D eigenvalue weighted by molar-refractivity contribution is -0.139. The highest BCUT2D eigenvalue weighted by atomic mass is 32.2. The third kappa shape index (κ3) is 8.09. The molecule has 7 heteroatoms. The fourth-order valence-electron chi connectivity index (χ4n) is 4.23. The summed E-state index contributed by atoms with van der Waals surface area (Å²) < 4.78 is 6.06. The van der Waals surface area contributed by atoms with Crippen LogP contribution in [0.1, 0.15) is 59.7 Å². The molecule has 0 spiro atoms. The highest BCUT2D eigenvalue weighted by Gasteiger charge is 2.24. The van der Waals surface area contributed by atoms with Gasteiger partial charge in [0.05, 0.1) is 6.20 Å². The number of pyridine rings is 1. The summed E-state index contributed by atoms with van der Waals surface area (Å²) >= 11 is 1.56. The third-order valence-electron chi connectivity index (χ3n) is 6.31. The molecule has 0 bridgehead atoms. The van der Waals surface area contributed by atoms with Crippen LogP contribution in [0.25, 0.3) is 11.1 Å². The van der Waals surface area contributed by atoms with E-state index in [2.05, 4.69) is 17.2 Å². The third-order valence-corrected chi connectivity index (χ3v) is 6.96. The molecule has 3 aromatic rings. The Morgan fingerprint density at radius 2 is 1.89 bits per heavy atom. The summed E-state index contributed by atoms with van der Waals surface area (Å²) in [6, 6.07) is 14.6. The summed E-state index contributed by atoms with van der Waals surface area (Å²) in [5, 5.41) is 12.5. The van der Waals surface area contributed by atoms with E-state index in [0.29, 0.717) is 30.1 Å². The van der Waals surface area contributed by atoms with Gasteiger partial charge >= 0.3 is 5.97 Å². The molecule has 3 rings (SSSR count). The van der Waals surface area contributed by atoms with E-state index >= 15 is 0 Å². The van der Waals surface area contributed by atoms with Gasteiger partial charge in [0.25, 0.3) is 5.91 Å². The molecule has 1 aromatic heterocycles. The largest absolute Gasteiger partial charge is 0.487 e. The maximum Gasteiger partial charge on any atom is 0.326 e. The van der Waals surface area contributed by atoms with Gasteiger partial charge in [-0.1, -0.05) is 44.0 Å². The van der Waals surface area contributed by atoms with Crippen LogP contribution in [0.4, 0.5) is 0 Å². The SMILES string of the molecule is CCCCCc1cc(C(=O)N[C@@H](CCSC)C(=O)O)c(-c2ccccc2C)cc1COc1cccnc1. The van der Waals surface area contributed by atoms with Crippen molar-refractivity contribution in [3.05, 3.63) is 83.2 Å². The van der Waals surface area contributed by atoms with Crippen molar-refractivity contribution in [3.63, 3.8) is 0 Å². The maximum atomic E-state index is 13.6. The second kappa shape index (κ2) is 14.4. The van der Waals surface area contributed by atoms with E-state index in [1.54, 1.807) is 24.2 Å². The number of carbonyl (C=O) groups is 2. The molecule has 0 aliphatic rings. The van der Waals surface area contributed by atoms with Gasteiger partial charge in [-0.05, 0) is 90.3 Å². The van der Waals surface area contributed by atoms with Crippen LogP contribution in [0, 0.1) is 6.92 Å². The number of hydrogen-bond donors (Lipinski definition) is 2. The number of ether oxygens (including phenoxy) is 1. The Morgan fingerprint density at radius 1 is 1.08 bits per heavy atom. The number of nitrogens with one attached hydrogen (secondary N) is 1. The number of rotatable bonds is 14. The van der Waals surface area contributed by atoms with Crippen molar-refractivity contribution in [2.75, 3.05) is 12.0 Å². The first kappa shape index (κ1) is 28.3. The first-order valence-corrected chi connectivity index (χ1v) is 14.1. The predicted molar refractivity (Wildman–Crippen MR) is 150 cm³/mol. The van der Waals surface area contributed by atoms with Crippen molar-refractivity contribution in [2.45, 2.75) is 58.6 Å². The quantitative estimate of drug-likeness (QED) is 0.242. The highest BCUT2D eigenvalue weighted by molar-refractivity contribution is 7.98. The van der Waals surface area contributed by atoms with Crippen LogP contribution in [0.2, 0.25) is 0 Å². The lowest BCUT2D eigenvalue weighted by Gasteiger charge is -2.20. The number of carboxylic acid groups (broad SMARTS) is 1. The molecule has 2 N–H and O–H groups in total. The normalized spacial score (nSPS) is 11.6. The molecular formula is C30H36N2O4S. The lowest BCUT2D eigenvalue weighted by Crippen LogP contribution is -2.41. The van der Waals surface area contributed by atoms with Gasteiger partial charge in [0.15, 0.2) is 0 Å². The predicted octanol–water partition coefficient (Wildman–Crippen LogP) is 6.30. The molecule has 0 fully saturated rings. The van der Waals surface area contributed by atoms with Crippen molar-refractivity contribution in [1.29, 1.82) is 0 Å². The van der Waals surface area contributed by atoms with Crippen molar-refractivity contribution in [2.24, 2.45) is 0 Å². The van der Waals surface area contributed by atoms with Crippen molar-refractivity contribution < 1.29 is 19.4 Å². The average molecular weight is 521 g/mol. The molecule has 1 amide bonds. The van der Waals surface area contributed by atoms with Crippen LogP contribution >= 0.6 is 11.8 Å². The van der Waals surface area contributed by atoms with Crippen molar-refractivity contribution in [3.8, 4) is 16.9 Å². The Kier molecular flexibility index (Phi) is 11.0. The van der Waals surface area contributed by atoms with Gasteiger partial charge in [0.1, 0.15) is 18.4 Å². The molecule has 6 nitrogen and oxygen atoms in total. The maximum absolute atomic E-state index is 13.6. The Labute approximate surface area is 223 Å². The number of aromatic nitrogens is 1.